The Morgan fingerprint density at radius 3 is 2.53 bits per heavy atom. The van der Waals surface area contributed by atoms with Crippen LogP contribution in [0.2, 0.25) is 0 Å². The lowest BCUT2D eigenvalue weighted by molar-refractivity contribution is -0.133. The van der Waals surface area contributed by atoms with Crippen molar-refractivity contribution in [2.24, 2.45) is 11.8 Å². The Balaban J connectivity index is 1.28. The van der Waals surface area contributed by atoms with Gasteiger partial charge in [-0.1, -0.05) is 12.1 Å². The zero-order chi connectivity index (χ0) is 22.7. The molecule has 1 aromatic carbocycles. The van der Waals surface area contributed by atoms with Crippen LogP contribution in [-0.2, 0) is 16.0 Å². The first-order chi connectivity index (χ1) is 15.5. The van der Waals surface area contributed by atoms with Crippen LogP contribution in [0.15, 0.2) is 24.3 Å². The zero-order valence-corrected chi connectivity index (χ0v) is 19.5. The summed E-state index contributed by atoms with van der Waals surface area (Å²) in [6, 6.07) is 7.92. The third kappa shape index (κ3) is 4.30. The first-order valence-electron chi connectivity index (χ1n) is 11.6. The summed E-state index contributed by atoms with van der Waals surface area (Å²) >= 11 is 0. The van der Waals surface area contributed by atoms with Gasteiger partial charge in [-0.25, -0.2) is 4.79 Å². The van der Waals surface area contributed by atoms with Gasteiger partial charge in [-0.15, -0.1) is 0 Å². The highest BCUT2D eigenvalue weighted by molar-refractivity contribution is 5.84. The second-order valence-electron chi connectivity index (χ2n) is 9.28. The van der Waals surface area contributed by atoms with Crippen LogP contribution < -0.4 is 10.1 Å². The number of ether oxygens (including phenoxy) is 2. The van der Waals surface area contributed by atoms with E-state index in [0.717, 1.165) is 44.6 Å². The molecule has 0 radical (unpaired) electrons. The van der Waals surface area contributed by atoms with Crippen molar-refractivity contribution in [2.75, 3.05) is 67.1 Å². The minimum Gasteiger partial charge on any atom is -0.497 e. The minimum atomic E-state index is -0.122. The largest absolute Gasteiger partial charge is 0.497 e. The summed E-state index contributed by atoms with van der Waals surface area (Å²) in [5.41, 5.74) is 1.05. The van der Waals surface area contributed by atoms with Crippen LogP contribution in [0.1, 0.15) is 18.4 Å². The van der Waals surface area contributed by atoms with Gasteiger partial charge in [0.2, 0.25) is 5.91 Å². The second-order valence-corrected chi connectivity index (χ2v) is 9.28. The van der Waals surface area contributed by atoms with E-state index in [1.54, 1.807) is 14.2 Å². The minimum absolute atomic E-state index is 0.00923. The number of rotatable bonds is 7. The maximum absolute atomic E-state index is 13.0. The number of nitrogens with one attached hydrogen (secondary N) is 1. The van der Waals surface area contributed by atoms with Gasteiger partial charge in [0.1, 0.15) is 5.75 Å². The molecule has 8 nitrogen and oxygen atoms in total. The molecule has 4 rings (SSSR count). The number of amides is 3. The summed E-state index contributed by atoms with van der Waals surface area (Å²) in [6.07, 6.45) is 2.48. The van der Waals surface area contributed by atoms with Gasteiger partial charge in [0.25, 0.3) is 0 Å². The predicted molar refractivity (Wildman–Crippen MR) is 122 cm³/mol. The number of carbonyl (C=O) groups excluding carboxylic acids is 2. The fourth-order valence-electron chi connectivity index (χ4n) is 5.82. The molecule has 1 N–H and O–H groups in total. The highest BCUT2D eigenvalue weighted by Gasteiger charge is 2.60. The van der Waals surface area contributed by atoms with Crippen molar-refractivity contribution in [1.82, 2.24) is 20.0 Å². The summed E-state index contributed by atoms with van der Waals surface area (Å²) in [5.74, 6) is 1.54. The third-order valence-corrected chi connectivity index (χ3v) is 7.78. The standard InChI is InChI=1S/C24H36N4O4/c1-26-22(29)20-16-27(14-15-31-2)17-21(20)24(26)9-12-28(13-10-24)23(30)25-11-8-18-4-6-19(32-3)7-5-18/h4-7,20-21H,8-17H2,1-3H3,(H,25,30)/t20-,21+/m0/s1. The molecule has 0 aliphatic carbocycles. The maximum atomic E-state index is 13.0. The average molecular weight is 445 g/mol. The molecule has 0 saturated carbocycles. The number of hydrogen-bond acceptors (Lipinski definition) is 5. The van der Waals surface area contributed by atoms with Gasteiger partial charge in [0, 0.05) is 59.3 Å². The fraction of sp³-hybridized carbons (Fsp3) is 0.667. The van der Waals surface area contributed by atoms with Crippen LogP contribution in [0.4, 0.5) is 4.79 Å². The average Bonchev–Trinajstić information content (AvgIpc) is 3.33. The third-order valence-electron chi connectivity index (χ3n) is 7.78. The van der Waals surface area contributed by atoms with E-state index in [1.807, 2.05) is 41.1 Å². The van der Waals surface area contributed by atoms with E-state index in [-0.39, 0.29) is 23.4 Å². The summed E-state index contributed by atoms with van der Waals surface area (Å²) < 4.78 is 10.4. The SMILES string of the molecule is COCCN1C[C@@H]2C(=O)N(C)C3(CCN(C(=O)NCCc4ccc(OC)cc4)CC3)[C@@H]2C1. The monoisotopic (exact) mass is 444 g/mol. The summed E-state index contributed by atoms with van der Waals surface area (Å²) in [6.45, 7) is 5.32. The zero-order valence-electron chi connectivity index (χ0n) is 19.5. The van der Waals surface area contributed by atoms with Crippen LogP contribution in [0.3, 0.4) is 0 Å². The second kappa shape index (κ2) is 9.67. The van der Waals surface area contributed by atoms with E-state index in [2.05, 4.69) is 10.2 Å². The fourth-order valence-corrected chi connectivity index (χ4v) is 5.82. The first kappa shape index (κ1) is 22.9. The van der Waals surface area contributed by atoms with E-state index >= 15 is 0 Å². The highest BCUT2D eigenvalue weighted by Crippen LogP contribution is 2.48. The molecule has 0 unspecified atom stereocenters. The summed E-state index contributed by atoms with van der Waals surface area (Å²) in [7, 11) is 5.33. The highest BCUT2D eigenvalue weighted by atomic mass is 16.5. The van der Waals surface area contributed by atoms with Crippen LogP contribution in [0.5, 0.6) is 5.75 Å². The van der Waals surface area contributed by atoms with Crippen molar-refractivity contribution in [3.63, 3.8) is 0 Å². The van der Waals surface area contributed by atoms with E-state index in [9.17, 15) is 9.59 Å². The molecule has 0 bridgehead atoms. The Morgan fingerprint density at radius 1 is 1.16 bits per heavy atom. The van der Waals surface area contributed by atoms with Gasteiger partial charge in [-0.05, 0) is 37.0 Å². The van der Waals surface area contributed by atoms with Crippen molar-refractivity contribution in [1.29, 1.82) is 0 Å². The van der Waals surface area contributed by atoms with Gasteiger partial charge in [-0.3, -0.25) is 9.69 Å². The van der Waals surface area contributed by atoms with Crippen LogP contribution in [0, 0.1) is 11.8 Å². The predicted octanol–water partition coefficient (Wildman–Crippen LogP) is 1.45. The number of carbonyl (C=O) groups is 2. The van der Waals surface area contributed by atoms with E-state index in [1.165, 1.54) is 5.56 Å². The lowest BCUT2D eigenvalue weighted by atomic mass is 9.75. The number of urea groups is 1. The topological polar surface area (TPSA) is 74.4 Å². The first-order valence-corrected chi connectivity index (χ1v) is 11.6. The molecule has 3 aliphatic rings. The number of likely N-dealkylation sites (tertiary alicyclic amines) is 3. The number of nitrogens with zero attached hydrogens (tertiary/aromatic N) is 3. The van der Waals surface area contributed by atoms with Crippen molar-refractivity contribution in [2.45, 2.75) is 24.8 Å². The molecular weight excluding hydrogens is 408 g/mol. The molecule has 2 atom stereocenters. The quantitative estimate of drug-likeness (QED) is 0.689. The lowest BCUT2D eigenvalue weighted by Crippen LogP contribution is -2.57. The molecule has 3 saturated heterocycles. The molecule has 32 heavy (non-hydrogen) atoms. The summed E-state index contributed by atoms with van der Waals surface area (Å²) in [5, 5.41) is 3.06. The van der Waals surface area contributed by atoms with Gasteiger partial charge in [0.05, 0.1) is 25.2 Å². The van der Waals surface area contributed by atoms with Crippen molar-refractivity contribution in [3.8, 4) is 5.75 Å². The Kier molecular flexibility index (Phi) is 6.90. The summed E-state index contributed by atoms with van der Waals surface area (Å²) in [4.78, 5) is 32.0. The van der Waals surface area contributed by atoms with E-state index < -0.39 is 0 Å². The number of benzene rings is 1. The van der Waals surface area contributed by atoms with Gasteiger partial charge < -0.3 is 24.6 Å². The van der Waals surface area contributed by atoms with Crippen LogP contribution in [0.25, 0.3) is 0 Å². The van der Waals surface area contributed by atoms with E-state index in [4.69, 9.17) is 9.47 Å². The number of hydrogen-bond donors (Lipinski definition) is 1. The Bertz CT molecular complexity index is 807. The molecule has 0 aromatic heterocycles. The lowest BCUT2D eigenvalue weighted by Gasteiger charge is -2.46. The molecule has 3 fully saturated rings. The molecule has 3 amide bonds. The molecule has 3 aliphatic heterocycles. The van der Waals surface area contributed by atoms with Crippen molar-refractivity contribution >= 4 is 11.9 Å². The van der Waals surface area contributed by atoms with Crippen molar-refractivity contribution < 1.29 is 19.1 Å². The Labute approximate surface area is 190 Å². The molecule has 3 heterocycles. The van der Waals surface area contributed by atoms with Gasteiger partial charge >= 0.3 is 6.03 Å². The Hall–Kier alpha value is -2.32. The number of piperidine rings is 1. The number of fused-ring (bicyclic) bond motifs is 2. The van der Waals surface area contributed by atoms with Gasteiger partial charge in [0.15, 0.2) is 0 Å². The van der Waals surface area contributed by atoms with Gasteiger partial charge in [-0.2, -0.15) is 0 Å². The molecular formula is C24H36N4O4. The number of methoxy groups -OCH3 is 2. The molecule has 1 spiro atoms. The normalized spacial score (nSPS) is 24.8. The molecule has 176 valence electrons. The molecule has 8 heteroatoms. The van der Waals surface area contributed by atoms with Crippen LogP contribution >= 0.6 is 0 Å². The van der Waals surface area contributed by atoms with E-state index in [0.29, 0.717) is 32.2 Å². The Morgan fingerprint density at radius 2 is 1.88 bits per heavy atom. The smallest absolute Gasteiger partial charge is 0.317 e. The van der Waals surface area contributed by atoms with Crippen molar-refractivity contribution in [3.05, 3.63) is 29.8 Å². The maximum Gasteiger partial charge on any atom is 0.317 e. The molecule has 1 aromatic rings. The van der Waals surface area contributed by atoms with Crippen LogP contribution in [-0.4, -0.2) is 99.3 Å².